The maximum absolute atomic E-state index is 12.3. The number of benzene rings is 1. The van der Waals surface area contributed by atoms with Crippen LogP contribution in [0.25, 0.3) is 10.8 Å². The van der Waals surface area contributed by atoms with Gasteiger partial charge in [-0.25, -0.2) is 4.79 Å². The van der Waals surface area contributed by atoms with E-state index in [0.29, 0.717) is 0 Å². The maximum atomic E-state index is 12.3. The number of hydrogen-bond donors (Lipinski definition) is 3. The van der Waals surface area contributed by atoms with Gasteiger partial charge in [0, 0.05) is 34.6 Å². The molecule has 5 heteroatoms. The standard InChI is InChI=1S/C17H21N3O2/c1-17(11-21)8-3-6-15(17)20-16(22)19-14-5-2-4-12-10-18-9-7-13(12)14/h2,4-5,7,9-10,15,21H,3,6,8,11H2,1H3,(H2,19,20,22). The molecule has 1 aromatic heterocycles. The molecule has 1 aliphatic rings. The Balaban J connectivity index is 1.74. The second-order valence-corrected chi connectivity index (χ2v) is 6.26. The Morgan fingerprint density at radius 2 is 2.32 bits per heavy atom. The molecule has 2 atom stereocenters. The summed E-state index contributed by atoms with van der Waals surface area (Å²) < 4.78 is 0. The largest absolute Gasteiger partial charge is 0.396 e. The fraction of sp³-hybridized carbons (Fsp3) is 0.412. The van der Waals surface area contributed by atoms with Gasteiger partial charge in [0.15, 0.2) is 0 Å². The van der Waals surface area contributed by atoms with Crippen LogP contribution in [-0.4, -0.2) is 28.8 Å². The van der Waals surface area contributed by atoms with Crippen molar-refractivity contribution >= 4 is 22.5 Å². The van der Waals surface area contributed by atoms with Crippen LogP contribution in [0.2, 0.25) is 0 Å². The fourth-order valence-electron chi connectivity index (χ4n) is 3.22. The van der Waals surface area contributed by atoms with Gasteiger partial charge >= 0.3 is 6.03 Å². The van der Waals surface area contributed by atoms with Crippen molar-refractivity contribution in [2.24, 2.45) is 5.41 Å². The Morgan fingerprint density at radius 1 is 1.45 bits per heavy atom. The van der Waals surface area contributed by atoms with Gasteiger partial charge in [-0.15, -0.1) is 0 Å². The van der Waals surface area contributed by atoms with Crippen molar-refractivity contribution in [1.29, 1.82) is 0 Å². The van der Waals surface area contributed by atoms with Gasteiger partial charge in [-0.2, -0.15) is 0 Å². The van der Waals surface area contributed by atoms with Crippen LogP contribution in [0.5, 0.6) is 0 Å². The van der Waals surface area contributed by atoms with E-state index in [1.165, 1.54) is 0 Å². The van der Waals surface area contributed by atoms with E-state index in [1.807, 2.05) is 31.2 Å². The topological polar surface area (TPSA) is 74.2 Å². The van der Waals surface area contributed by atoms with Gasteiger partial charge in [-0.3, -0.25) is 4.98 Å². The number of rotatable bonds is 3. The summed E-state index contributed by atoms with van der Waals surface area (Å²) in [6, 6.07) is 7.41. The number of aromatic nitrogens is 1. The molecule has 0 radical (unpaired) electrons. The summed E-state index contributed by atoms with van der Waals surface area (Å²) in [5.74, 6) is 0. The number of hydrogen-bond acceptors (Lipinski definition) is 3. The Hall–Kier alpha value is -2.14. The molecule has 1 aromatic carbocycles. The number of aliphatic hydroxyl groups excluding tert-OH is 1. The van der Waals surface area contributed by atoms with Gasteiger partial charge in [-0.1, -0.05) is 25.5 Å². The summed E-state index contributed by atoms with van der Waals surface area (Å²) in [6.45, 7) is 2.12. The van der Waals surface area contributed by atoms with Crippen molar-refractivity contribution in [2.75, 3.05) is 11.9 Å². The molecule has 0 aliphatic heterocycles. The van der Waals surface area contributed by atoms with Gasteiger partial charge in [0.2, 0.25) is 0 Å². The number of carbonyl (C=O) groups excluding carboxylic acids is 1. The molecule has 3 N–H and O–H groups in total. The molecule has 3 rings (SSSR count). The maximum Gasteiger partial charge on any atom is 0.319 e. The van der Waals surface area contributed by atoms with Crippen molar-refractivity contribution in [3.05, 3.63) is 36.7 Å². The van der Waals surface area contributed by atoms with Gasteiger partial charge in [0.05, 0.1) is 12.3 Å². The first-order chi connectivity index (χ1) is 10.6. The Morgan fingerprint density at radius 3 is 3.14 bits per heavy atom. The molecule has 0 spiro atoms. The van der Waals surface area contributed by atoms with E-state index < -0.39 is 0 Å². The molecule has 0 bridgehead atoms. The molecular weight excluding hydrogens is 278 g/mol. The van der Waals surface area contributed by atoms with E-state index in [9.17, 15) is 9.90 Å². The number of urea groups is 1. The first kappa shape index (κ1) is 14.8. The molecule has 2 amide bonds. The van der Waals surface area contributed by atoms with E-state index in [1.54, 1.807) is 12.4 Å². The zero-order chi connectivity index (χ0) is 15.6. The summed E-state index contributed by atoms with van der Waals surface area (Å²) in [5.41, 5.74) is 0.543. The number of amides is 2. The van der Waals surface area contributed by atoms with E-state index in [4.69, 9.17) is 0 Å². The fourth-order valence-corrected chi connectivity index (χ4v) is 3.22. The van der Waals surface area contributed by atoms with Crippen LogP contribution >= 0.6 is 0 Å². The van der Waals surface area contributed by atoms with Crippen molar-refractivity contribution in [3.63, 3.8) is 0 Å². The Labute approximate surface area is 129 Å². The zero-order valence-electron chi connectivity index (χ0n) is 12.7. The molecule has 1 aliphatic carbocycles. The number of pyridine rings is 1. The van der Waals surface area contributed by atoms with Crippen LogP contribution in [0.3, 0.4) is 0 Å². The highest BCUT2D eigenvalue weighted by Crippen LogP contribution is 2.37. The Bertz CT molecular complexity index is 683. The minimum Gasteiger partial charge on any atom is -0.396 e. The number of nitrogens with one attached hydrogen (secondary N) is 2. The highest BCUT2D eigenvalue weighted by Gasteiger charge is 2.39. The van der Waals surface area contributed by atoms with E-state index in [-0.39, 0.29) is 24.1 Å². The molecule has 116 valence electrons. The normalized spacial score (nSPS) is 24.4. The molecule has 1 heterocycles. The average Bonchev–Trinajstić information content (AvgIpc) is 2.89. The molecule has 5 nitrogen and oxygen atoms in total. The molecular formula is C17H21N3O2. The summed E-state index contributed by atoms with van der Waals surface area (Å²) in [7, 11) is 0. The number of aliphatic hydroxyl groups is 1. The van der Waals surface area contributed by atoms with Gasteiger partial charge in [0.1, 0.15) is 0 Å². The third-order valence-electron chi connectivity index (χ3n) is 4.68. The predicted molar refractivity (Wildman–Crippen MR) is 86.7 cm³/mol. The summed E-state index contributed by atoms with van der Waals surface area (Å²) >= 11 is 0. The minimum atomic E-state index is -0.226. The van der Waals surface area contributed by atoms with Crippen LogP contribution in [0.4, 0.5) is 10.5 Å². The lowest BCUT2D eigenvalue weighted by Gasteiger charge is -2.30. The average molecular weight is 299 g/mol. The van der Waals surface area contributed by atoms with Crippen molar-refractivity contribution in [2.45, 2.75) is 32.2 Å². The smallest absolute Gasteiger partial charge is 0.319 e. The minimum absolute atomic E-state index is 0.00847. The van der Waals surface area contributed by atoms with Crippen molar-refractivity contribution in [3.8, 4) is 0 Å². The number of carbonyl (C=O) groups is 1. The lowest BCUT2D eigenvalue weighted by Crippen LogP contribution is -2.46. The first-order valence-electron chi connectivity index (χ1n) is 7.63. The third kappa shape index (κ3) is 2.76. The van der Waals surface area contributed by atoms with Crippen molar-refractivity contribution < 1.29 is 9.90 Å². The highest BCUT2D eigenvalue weighted by atomic mass is 16.3. The second kappa shape index (κ2) is 5.93. The molecule has 1 saturated carbocycles. The van der Waals surface area contributed by atoms with Gasteiger partial charge in [0.25, 0.3) is 0 Å². The summed E-state index contributed by atoms with van der Waals surface area (Å²) in [4.78, 5) is 16.4. The lowest BCUT2D eigenvalue weighted by molar-refractivity contribution is 0.122. The Kier molecular flexibility index (Phi) is 3.98. The molecule has 2 aromatic rings. The SMILES string of the molecule is CC1(CO)CCCC1NC(=O)Nc1cccc2cnccc12. The van der Waals surface area contributed by atoms with Crippen LogP contribution in [0.1, 0.15) is 26.2 Å². The van der Waals surface area contributed by atoms with Crippen LogP contribution in [0, 0.1) is 5.41 Å². The predicted octanol–water partition coefficient (Wildman–Crippen LogP) is 2.91. The second-order valence-electron chi connectivity index (χ2n) is 6.26. The highest BCUT2D eigenvalue weighted by molar-refractivity contribution is 6.01. The van der Waals surface area contributed by atoms with Gasteiger partial charge in [-0.05, 0) is 25.0 Å². The number of nitrogens with zero attached hydrogens (tertiary/aromatic N) is 1. The molecule has 2 unspecified atom stereocenters. The zero-order valence-corrected chi connectivity index (χ0v) is 12.7. The van der Waals surface area contributed by atoms with E-state index in [0.717, 1.165) is 35.7 Å². The van der Waals surface area contributed by atoms with E-state index in [2.05, 4.69) is 15.6 Å². The third-order valence-corrected chi connectivity index (χ3v) is 4.68. The van der Waals surface area contributed by atoms with E-state index >= 15 is 0 Å². The molecule has 1 fully saturated rings. The van der Waals surface area contributed by atoms with Gasteiger partial charge < -0.3 is 15.7 Å². The number of anilines is 1. The quantitative estimate of drug-likeness (QED) is 0.816. The summed E-state index contributed by atoms with van der Waals surface area (Å²) in [6.07, 6.45) is 6.36. The summed E-state index contributed by atoms with van der Waals surface area (Å²) in [5, 5.41) is 17.4. The number of fused-ring (bicyclic) bond motifs is 1. The molecule has 22 heavy (non-hydrogen) atoms. The monoisotopic (exact) mass is 299 g/mol. The first-order valence-corrected chi connectivity index (χ1v) is 7.63. The lowest BCUT2D eigenvalue weighted by atomic mass is 9.86. The van der Waals surface area contributed by atoms with Crippen LogP contribution in [-0.2, 0) is 0 Å². The van der Waals surface area contributed by atoms with Crippen molar-refractivity contribution in [1.82, 2.24) is 10.3 Å². The van der Waals surface area contributed by atoms with Crippen LogP contribution < -0.4 is 10.6 Å². The molecule has 0 saturated heterocycles. The van der Waals surface area contributed by atoms with Crippen LogP contribution in [0.15, 0.2) is 36.7 Å².